The second kappa shape index (κ2) is 2.87. The standard InChI is InChI=1S/C10H11F2N3/c11-8(12)6-4-13-9(14-5-6)15-7-3-10(7)1-2-10/h4-5,7-8H,1-3H2,(H,13,14,15)/t7-/m1/s1. The zero-order valence-electron chi connectivity index (χ0n) is 8.08. The highest BCUT2D eigenvalue weighted by molar-refractivity contribution is 5.35. The first-order chi connectivity index (χ1) is 7.20. The van der Waals surface area contributed by atoms with Crippen LogP contribution >= 0.6 is 0 Å². The lowest BCUT2D eigenvalue weighted by molar-refractivity contribution is 0.150. The smallest absolute Gasteiger partial charge is 0.266 e. The minimum Gasteiger partial charge on any atom is -0.351 e. The van der Waals surface area contributed by atoms with Crippen LogP contribution in [0.4, 0.5) is 14.7 Å². The fraction of sp³-hybridized carbons (Fsp3) is 0.600. The van der Waals surface area contributed by atoms with E-state index < -0.39 is 6.43 Å². The van der Waals surface area contributed by atoms with Gasteiger partial charge in [-0.25, -0.2) is 18.7 Å². The minimum absolute atomic E-state index is 0.127. The summed E-state index contributed by atoms with van der Waals surface area (Å²) in [7, 11) is 0. The molecule has 1 aromatic rings. The van der Waals surface area contributed by atoms with Gasteiger partial charge in [0, 0.05) is 18.4 Å². The predicted octanol–water partition coefficient (Wildman–Crippen LogP) is 2.38. The quantitative estimate of drug-likeness (QED) is 0.834. The Morgan fingerprint density at radius 2 is 2.00 bits per heavy atom. The van der Waals surface area contributed by atoms with Gasteiger partial charge in [-0.15, -0.1) is 0 Å². The van der Waals surface area contributed by atoms with Crippen molar-refractivity contribution in [2.24, 2.45) is 5.41 Å². The highest BCUT2D eigenvalue weighted by atomic mass is 19.3. The maximum Gasteiger partial charge on any atom is 0.266 e. The molecule has 0 unspecified atom stereocenters. The third kappa shape index (κ3) is 1.56. The van der Waals surface area contributed by atoms with E-state index >= 15 is 0 Å². The lowest BCUT2D eigenvalue weighted by Gasteiger charge is -2.03. The van der Waals surface area contributed by atoms with Gasteiger partial charge in [-0.2, -0.15) is 0 Å². The number of nitrogens with one attached hydrogen (secondary N) is 1. The van der Waals surface area contributed by atoms with Crippen LogP contribution in [0.1, 0.15) is 31.3 Å². The highest BCUT2D eigenvalue weighted by Gasteiger charge is 2.63. The molecule has 1 N–H and O–H groups in total. The molecule has 3 rings (SSSR count). The van der Waals surface area contributed by atoms with Crippen molar-refractivity contribution in [1.29, 1.82) is 0 Å². The Kier molecular flexibility index (Phi) is 1.72. The maximum atomic E-state index is 12.2. The zero-order valence-corrected chi connectivity index (χ0v) is 8.08. The summed E-state index contributed by atoms with van der Waals surface area (Å²) in [6.07, 6.45) is 3.60. The van der Waals surface area contributed by atoms with Gasteiger partial charge >= 0.3 is 0 Å². The summed E-state index contributed by atoms with van der Waals surface area (Å²) in [6.45, 7) is 0. The van der Waals surface area contributed by atoms with Crippen molar-refractivity contribution < 1.29 is 8.78 Å². The Labute approximate surface area is 85.9 Å². The third-order valence-corrected chi connectivity index (χ3v) is 3.31. The van der Waals surface area contributed by atoms with Crippen molar-refractivity contribution in [3.05, 3.63) is 18.0 Å². The molecule has 80 valence electrons. The minimum atomic E-state index is -2.49. The van der Waals surface area contributed by atoms with E-state index in [1.807, 2.05) is 0 Å². The number of anilines is 1. The van der Waals surface area contributed by atoms with Crippen molar-refractivity contribution >= 4 is 5.95 Å². The summed E-state index contributed by atoms with van der Waals surface area (Å²) < 4.78 is 24.4. The lowest BCUT2D eigenvalue weighted by Crippen LogP contribution is -2.08. The van der Waals surface area contributed by atoms with Crippen LogP contribution < -0.4 is 5.32 Å². The summed E-state index contributed by atoms with van der Waals surface area (Å²) in [6, 6.07) is 0.467. The van der Waals surface area contributed by atoms with Crippen LogP contribution in [-0.4, -0.2) is 16.0 Å². The molecule has 1 heterocycles. The molecule has 0 radical (unpaired) electrons. The third-order valence-electron chi connectivity index (χ3n) is 3.31. The van der Waals surface area contributed by atoms with Crippen LogP contribution in [0.15, 0.2) is 12.4 Å². The molecule has 0 amide bonds. The summed E-state index contributed by atoms with van der Waals surface area (Å²) >= 11 is 0. The topological polar surface area (TPSA) is 37.8 Å². The molecule has 2 fully saturated rings. The molecule has 0 aliphatic heterocycles. The molecule has 2 aliphatic carbocycles. The second-order valence-electron chi connectivity index (χ2n) is 4.40. The fourth-order valence-electron chi connectivity index (χ4n) is 1.95. The van der Waals surface area contributed by atoms with E-state index in [1.54, 1.807) is 0 Å². The molecule has 0 saturated heterocycles. The first-order valence-electron chi connectivity index (χ1n) is 5.06. The molecule has 1 aromatic heterocycles. The van der Waals surface area contributed by atoms with E-state index in [9.17, 15) is 8.78 Å². The molecule has 15 heavy (non-hydrogen) atoms. The first kappa shape index (κ1) is 9.00. The Hall–Kier alpha value is -1.26. The van der Waals surface area contributed by atoms with Gasteiger partial charge in [-0.1, -0.05) is 0 Å². The molecular weight excluding hydrogens is 200 g/mol. The van der Waals surface area contributed by atoms with Gasteiger partial charge in [0.05, 0.1) is 5.56 Å². The van der Waals surface area contributed by atoms with Crippen LogP contribution in [0.25, 0.3) is 0 Å². The van der Waals surface area contributed by atoms with E-state index in [1.165, 1.54) is 31.7 Å². The molecule has 1 spiro atoms. The van der Waals surface area contributed by atoms with E-state index in [2.05, 4.69) is 15.3 Å². The highest BCUT2D eigenvalue weighted by Crippen LogP contribution is 2.66. The summed E-state index contributed by atoms with van der Waals surface area (Å²) in [5.41, 5.74) is 0.391. The van der Waals surface area contributed by atoms with Gasteiger partial charge in [-0.3, -0.25) is 0 Å². The number of hydrogen-bond acceptors (Lipinski definition) is 3. The first-order valence-corrected chi connectivity index (χ1v) is 5.06. The Morgan fingerprint density at radius 3 is 2.47 bits per heavy atom. The number of halogens is 2. The molecule has 5 heteroatoms. The molecule has 3 nitrogen and oxygen atoms in total. The molecule has 0 aromatic carbocycles. The predicted molar refractivity (Wildman–Crippen MR) is 50.7 cm³/mol. The number of nitrogens with zero attached hydrogens (tertiary/aromatic N) is 2. The van der Waals surface area contributed by atoms with E-state index in [-0.39, 0.29) is 5.56 Å². The SMILES string of the molecule is FC(F)c1cnc(N[C@@H]2CC23CC3)nc1. The van der Waals surface area contributed by atoms with Gasteiger partial charge in [0.2, 0.25) is 5.95 Å². The van der Waals surface area contributed by atoms with Crippen molar-refractivity contribution in [2.75, 3.05) is 5.32 Å². The van der Waals surface area contributed by atoms with Gasteiger partial charge in [0.25, 0.3) is 6.43 Å². The number of rotatable bonds is 3. The average Bonchev–Trinajstić information content (AvgIpc) is 3.10. The van der Waals surface area contributed by atoms with Crippen LogP contribution in [0.2, 0.25) is 0 Å². The van der Waals surface area contributed by atoms with Crippen LogP contribution in [0.3, 0.4) is 0 Å². The Morgan fingerprint density at radius 1 is 1.33 bits per heavy atom. The molecule has 2 saturated carbocycles. The average molecular weight is 211 g/mol. The van der Waals surface area contributed by atoms with Gasteiger partial charge in [0.15, 0.2) is 0 Å². The Bertz CT molecular complexity index is 373. The number of alkyl halides is 2. The van der Waals surface area contributed by atoms with Gasteiger partial charge in [0.1, 0.15) is 0 Å². The summed E-state index contributed by atoms with van der Waals surface area (Å²) in [4.78, 5) is 7.74. The number of aromatic nitrogens is 2. The van der Waals surface area contributed by atoms with Crippen molar-refractivity contribution in [3.8, 4) is 0 Å². The largest absolute Gasteiger partial charge is 0.351 e. The molecule has 1 atom stereocenters. The van der Waals surface area contributed by atoms with Gasteiger partial charge in [-0.05, 0) is 24.7 Å². The maximum absolute atomic E-state index is 12.2. The normalized spacial score (nSPS) is 25.7. The van der Waals surface area contributed by atoms with Crippen molar-refractivity contribution in [1.82, 2.24) is 9.97 Å². The molecule has 2 aliphatic rings. The second-order valence-corrected chi connectivity index (χ2v) is 4.40. The molecular formula is C10H11F2N3. The van der Waals surface area contributed by atoms with E-state index in [4.69, 9.17) is 0 Å². The summed E-state index contributed by atoms with van der Waals surface area (Å²) in [5, 5.41) is 3.17. The monoisotopic (exact) mass is 211 g/mol. The fourth-order valence-corrected chi connectivity index (χ4v) is 1.95. The van der Waals surface area contributed by atoms with Crippen LogP contribution in [-0.2, 0) is 0 Å². The van der Waals surface area contributed by atoms with E-state index in [0.29, 0.717) is 17.4 Å². The van der Waals surface area contributed by atoms with E-state index in [0.717, 1.165) is 0 Å². The summed E-state index contributed by atoms with van der Waals surface area (Å²) in [5.74, 6) is 0.466. The van der Waals surface area contributed by atoms with Crippen molar-refractivity contribution in [2.45, 2.75) is 31.7 Å². The zero-order chi connectivity index (χ0) is 10.5. The number of hydrogen-bond donors (Lipinski definition) is 1. The van der Waals surface area contributed by atoms with Crippen molar-refractivity contribution in [3.63, 3.8) is 0 Å². The van der Waals surface area contributed by atoms with Crippen LogP contribution in [0, 0.1) is 5.41 Å². The lowest BCUT2D eigenvalue weighted by atomic mass is 10.4. The van der Waals surface area contributed by atoms with Crippen LogP contribution in [0.5, 0.6) is 0 Å². The molecule has 0 bridgehead atoms. The van der Waals surface area contributed by atoms with Gasteiger partial charge < -0.3 is 5.32 Å². The Balaban J connectivity index is 1.66.